The second-order valence-corrected chi connectivity index (χ2v) is 5.23. The Kier molecular flexibility index (Phi) is 5.83. The van der Waals surface area contributed by atoms with Crippen LogP contribution in [0.2, 0.25) is 0 Å². The molecule has 2 unspecified atom stereocenters. The van der Waals surface area contributed by atoms with Crippen LogP contribution in [0.5, 0.6) is 5.75 Å². The van der Waals surface area contributed by atoms with Crippen molar-refractivity contribution in [1.82, 2.24) is 5.32 Å². The molecule has 0 aromatic heterocycles. The Labute approximate surface area is 121 Å². The van der Waals surface area contributed by atoms with Gasteiger partial charge in [-0.15, -0.1) is 0 Å². The van der Waals surface area contributed by atoms with Crippen LogP contribution in [-0.2, 0) is 16.1 Å². The molecule has 0 radical (unpaired) electrons. The second kappa shape index (κ2) is 7.62. The first kappa shape index (κ1) is 15.3. The maximum atomic E-state index is 5.79. The summed E-state index contributed by atoms with van der Waals surface area (Å²) in [6.45, 7) is 4.23. The molecule has 1 fully saturated rings. The van der Waals surface area contributed by atoms with Gasteiger partial charge in [0.15, 0.2) is 0 Å². The van der Waals surface area contributed by atoms with Gasteiger partial charge in [-0.25, -0.2) is 0 Å². The number of hydrogen-bond donors (Lipinski definition) is 1. The van der Waals surface area contributed by atoms with Crippen LogP contribution in [0.4, 0.5) is 0 Å². The van der Waals surface area contributed by atoms with Crippen LogP contribution in [0.25, 0.3) is 0 Å². The van der Waals surface area contributed by atoms with E-state index in [9.17, 15) is 0 Å². The molecule has 4 heteroatoms. The minimum Gasteiger partial charge on any atom is -0.496 e. The van der Waals surface area contributed by atoms with Crippen molar-refractivity contribution < 1.29 is 14.2 Å². The Balaban J connectivity index is 1.96. The van der Waals surface area contributed by atoms with Crippen molar-refractivity contribution in [2.45, 2.75) is 38.5 Å². The van der Waals surface area contributed by atoms with E-state index in [2.05, 4.69) is 24.4 Å². The average Bonchev–Trinajstić information content (AvgIpc) is 2.99. The van der Waals surface area contributed by atoms with E-state index in [4.69, 9.17) is 14.2 Å². The lowest BCUT2D eigenvalue weighted by Crippen LogP contribution is -2.15. The maximum absolute atomic E-state index is 5.79. The first-order valence-corrected chi connectivity index (χ1v) is 7.28. The molecule has 0 aliphatic carbocycles. The molecule has 1 aromatic carbocycles. The van der Waals surface area contributed by atoms with E-state index in [1.54, 1.807) is 7.11 Å². The fourth-order valence-corrected chi connectivity index (χ4v) is 2.42. The van der Waals surface area contributed by atoms with Crippen molar-refractivity contribution in [3.8, 4) is 5.75 Å². The lowest BCUT2D eigenvalue weighted by atomic mass is 10.0. The van der Waals surface area contributed by atoms with E-state index in [0.717, 1.165) is 30.8 Å². The summed E-state index contributed by atoms with van der Waals surface area (Å²) >= 11 is 0. The maximum Gasteiger partial charge on any atom is 0.124 e. The molecule has 20 heavy (non-hydrogen) atoms. The lowest BCUT2D eigenvalue weighted by Gasteiger charge is -2.16. The van der Waals surface area contributed by atoms with E-state index < -0.39 is 0 Å². The molecule has 1 heterocycles. The number of methoxy groups -OCH3 is 1. The number of ether oxygens (including phenoxy) is 3. The van der Waals surface area contributed by atoms with Gasteiger partial charge >= 0.3 is 0 Å². The van der Waals surface area contributed by atoms with Crippen molar-refractivity contribution in [3.63, 3.8) is 0 Å². The smallest absolute Gasteiger partial charge is 0.124 e. The molecule has 1 N–H and O–H groups in total. The highest BCUT2D eigenvalue weighted by Gasteiger charge is 2.16. The molecule has 4 nitrogen and oxygen atoms in total. The van der Waals surface area contributed by atoms with Crippen LogP contribution in [0.3, 0.4) is 0 Å². The van der Waals surface area contributed by atoms with Gasteiger partial charge in [0.2, 0.25) is 0 Å². The minimum atomic E-state index is 0.264. The first-order chi connectivity index (χ1) is 9.74. The van der Waals surface area contributed by atoms with Gasteiger partial charge in [-0.2, -0.15) is 0 Å². The first-order valence-electron chi connectivity index (χ1n) is 7.28. The molecule has 1 aliphatic rings. The lowest BCUT2D eigenvalue weighted by molar-refractivity contribution is 0.0101. The molecule has 2 rings (SSSR count). The van der Waals surface area contributed by atoms with Crippen molar-refractivity contribution in [2.24, 2.45) is 0 Å². The molecule has 1 saturated heterocycles. The summed E-state index contributed by atoms with van der Waals surface area (Å²) in [5, 5.41) is 3.25. The molecule has 112 valence electrons. The highest BCUT2D eigenvalue weighted by molar-refractivity contribution is 5.38. The Morgan fingerprint density at radius 1 is 1.45 bits per heavy atom. The number of rotatable bonds is 7. The number of nitrogens with one attached hydrogen (secondary N) is 1. The molecular weight excluding hydrogens is 254 g/mol. The van der Waals surface area contributed by atoms with E-state index in [1.165, 1.54) is 5.56 Å². The molecule has 0 amide bonds. The Morgan fingerprint density at radius 3 is 2.95 bits per heavy atom. The second-order valence-electron chi connectivity index (χ2n) is 5.23. The molecule has 1 aromatic rings. The van der Waals surface area contributed by atoms with Crippen LogP contribution in [-0.4, -0.2) is 33.5 Å². The van der Waals surface area contributed by atoms with Crippen molar-refractivity contribution in [1.29, 1.82) is 0 Å². The van der Waals surface area contributed by atoms with Crippen LogP contribution in [0.1, 0.15) is 36.9 Å². The Hall–Kier alpha value is -1.10. The SMILES string of the molecule is CNC(C)c1ccc(OC)c(COCC2CCCO2)c1. The number of benzene rings is 1. The third kappa shape index (κ3) is 3.95. The predicted molar refractivity (Wildman–Crippen MR) is 79.1 cm³/mol. The molecule has 0 spiro atoms. The highest BCUT2D eigenvalue weighted by Crippen LogP contribution is 2.24. The summed E-state index contributed by atoms with van der Waals surface area (Å²) in [5.41, 5.74) is 2.33. The normalized spacial score (nSPS) is 20.1. The van der Waals surface area contributed by atoms with Gasteiger partial charge in [0, 0.05) is 18.2 Å². The zero-order chi connectivity index (χ0) is 14.4. The summed E-state index contributed by atoms with van der Waals surface area (Å²) in [4.78, 5) is 0. The van der Waals surface area contributed by atoms with Crippen LogP contribution >= 0.6 is 0 Å². The Bertz CT molecular complexity index is 416. The van der Waals surface area contributed by atoms with Gasteiger partial charge in [-0.1, -0.05) is 6.07 Å². The summed E-state index contributed by atoms with van der Waals surface area (Å²) < 4.78 is 16.8. The largest absolute Gasteiger partial charge is 0.496 e. The standard InChI is InChI=1S/C16H25NO3/c1-12(17-2)13-6-7-16(18-3)14(9-13)10-19-11-15-5-4-8-20-15/h6-7,9,12,15,17H,4-5,8,10-11H2,1-3H3. The molecule has 0 saturated carbocycles. The van der Waals surface area contributed by atoms with Gasteiger partial charge in [0.25, 0.3) is 0 Å². The molecular formula is C16H25NO3. The highest BCUT2D eigenvalue weighted by atomic mass is 16.5. The van der Waals surface area contributed by atoms with E-state index >= 15 is 0 Å². The fraction of sp³-hybridized carbons (Fsp3) is 0.625. The van der Waals surface area contributed by atoms with Crippen LogP contribution in [0.15, 0.2) is 18.2 Å². The summed E-state index contributed by atoms with van der Waals surface area (Å²) in [7, 11) is 3.66. The molecule has 2 atom stereocenters. The zero-order valence-electron chi connectivity index (χ0n) is 12.6. The third-order valence-electron chi connectivity index (χ3n) is 3.82. The molecule has 0 bridgehead atoms. The fourth-order valence-electron chi connectivity index (χ4n) is 2.42. The van der Waals surface area contributed by atoms with Crippen LogP contribution < -0.4 is 10.1 Å². The Morgan fingerprint density at radius 2 is 2.30 bits per heavy atom. The monoisotopic (exact) mass is 279 g/mol. The summed E-state index contributed by atoms with van der Waals surface area (Å²) in [6.07, 6.45) is 2.51. The van der Waals surface area contributed by atoms with Gasteiger partial charge in [0.05, 0.1) is 26.4 Å². The van der Waals surface area contributed by atoms with Crippen molar-refractivity contribution in [2.75, 3.05) is 27.4 Å². The van der Waals surface area contributed by atoms with E-state index in [-0.39, 0.29) is 6.10 Å². The molecule has 1 aliphatic heterocycles. The van der Waals surface area contributed by atoms with E-state index in [1.807, 2.05) is 13.1 Å². The number of hydrogen-bond acceptors (Lipinski definition) is 4. The topological polar surface area (TPSA) is 39.7 Å². The van der Waals surface area contributed by atoms with E-state index in [0.29, 0.717) is 19.3 Å². The summed E-state index contributed by atoms with van der Waals surface area (Å²) in [6, 6.07) is 6.56. The zero-order valence-corrected chi connectivity index (χ0v) is 12.6. The third-order valence-corrected chi connectivity index (χ3v) is 3.82. The van der Waals surface area contributed by atoms with Crippen molar-refractivity contribution >= 4 is 0 Å². The van der Waals surface area contributed by atoms with Gasteiger partial charge in [0.1, 0.15) is 5.75 Å². The van der Waals surface area contributed by atoms with Crippen LogP contribution in [0, 0.1) is 0 Å². The predicted octanol–water partition coefficient (Wildman–Crippen LogP) is 2.67. The van der Waals surface area contributed by atoms with Gasteiger partial charge < -0.3 is 19.5 Å². The quantitative estimate of drug-likeness (QED) is 0.833. The van der Waals surface area contributed by atoms with Gasteiger partial charge in [-0.3, -0.25) is 0 Å². The van der Waals surface area contributed by atoms with Crippen molar-refractivity contribution in [3.05, 3.63) is 29.3 Å². The van der Waals surface area contributed by atoms with Gasteiger partial charge in [-0.05, 0) is 44.5 Å². The average molecular weight is 279 g/mol. The minimum absolute atomic E-state index is 0.264. The summed E-state index contributed by atoms with van der Waals surface area (Å²) in [5.74, 6) is 0.879.